The maximum absolute atomic E-state index is 8.35. The van der Waals surface area contributed by atoms with Gasteiger partial charge in [0, 0.05) is 0 Å². The number of hydrogen-bond donors (Lipinski definition) is 3. The molecular formula is C5H12ClNO2. The van der Waals surface area contributed by atoms with Crippen LogP contribution in [0, 0.1) is 0 Å². The fourth-order valence-corrected chi connectivity index (χ4v) is 0.610. The zero-order chi connectivity index (χ0) is 7.11. The quantitative estimate of drug-likeness (QED) is 0.223. The summed E-state index contributed by atoms with van der Waals surface area (Å²) < 4.78 is 0. The maximum Gasteiger partial charge on any atom is 0.151 e. The molecule has 0 bridgehead atoms. The number of nitrogens with one attached hydrogen (secondary N) is 1. The van der Waals surface area contributed by atoms with Crippen molar-refractivity contribution in [2.24, 2.45) is 0 Å². The van der Waals surface area contributed by atoms with Crippen LogP contribution < -0.4 is 5.32 Å². The Balaban J connectivity index is 2.75. The summed E-state index contributed by atoms with van der Waals surface area (Å²) in [4.78, 5) is 0. The molecule has 9 heavy (non-hydrogen) atoms. The molecular weight excluding hydrogens is 142 g/mol. The third-order valence-corrected chi connectivity index (χ3v) is 1.10. The van der Waals surface area contributed by atoms with Crippen LogP contribution in [0.2, 0.25) is 0 Å². The fraction of sp³-hybridized carbons (Fsp3) is 1.00. The molecule has 0 aliphatic rings. The largest absolute Gasteiger partial charge is 0.368 e. The summed E-state index contributed by atoms with van der Waals surface area (Å²) in [5.74, 6) is 0. The molecule has 0 rings (SSSR count). The van der Waals surface area contributed by atoms with Crippen LogP contribution >= 0.6 is 11.6 Å². The predicted octanol–water partition coefficient (Wildman–Crippen LogP) is -0.137. The van der Waals surface area contributed by atoms with Crippen molar-refractivity contribution in [1.82, 2.24) is 5.32 Å². The van der Waals surface area contributed by atoms with Crippen molar-refractivity contribution in [3.63, 3.8) is 0 Å². The van der Waals surface area contributed by atoms with Gasteiger partial charge in [-0.05, 0) is 19.4 Å². The molecule has 0 aliphatic heterocycles. The van der Waals surface area contributed by atoms with Crippen molar-refractivity contribution in [3.05, 3.63) is 0 Å². The van der Waals surface area contributed by atoms with Gasteiger partial charge in [-0.3, -0.25) is 0 Å². The lowest BCUT2D eigenvalue weighted by Gasteiger charge is -2.01. The standard InChI is InChI=1S/C5H12ClNO2/c6-4-7-3-1-2-5(8)9/h5,7-9H,1-4H2. The molecule has 0 amide bonds. The molecule has 0 atom stereocenters. The highest BCUT2D eigenvalue weighted by molar-refractivity contribution is 6.17. The van der Waals surface area contributed by atoms with Gasteiger partial charge in [0.05, 0.1) is 6.00 Å². The molecule has 0 saturated carbocycles. The monoisotopic (exact) mass is 153 g/mol. The van der Waals surface area contributed by atoms with E-state index in [4.69, 9.17) is 21.8 Å². The van der Waals surface area contributed by atoms with Crippen LogP contribution in [0.5, 0.6) is 0 Å². The van der Waals surface area contributed by atoms with Gasteiger partial charge < -0.3 is 15.5 Å². The normalized spacial score (nSPS) is 10.7. The molecule has 4 heteroatoms. The molecule has 0 aromatic heterocycles. The number of halogens is 1. The second-order valence-corrected chi connectivity index (χ2v) is 2.02. The minimum atomic E-state index is -1.18. The number of hydrogen-bond acceptors (Lipinski definition) is 3. The van der Waals surface area contributed by atoms with Gasteiger partial charge in [0.15, 0.2) is 6.29 Å². The summed E-state index contributed by atoms with van der Waals surface area (Å²) in [6, 6.07) is 0.418. The predicted molar refractivity (Wildman–Crippen MR) is 36.2 cm³/mol. The van der Waals surface area contributed by atoms with E-state index in [1.165, 1.54) is 0 Å². The lowest BCUT2D eigenvalue weighted by molar-refractivity contribution is -0.0460. The molecule has 0 spiro atoms. The average Bonchev–Trinajstić information content (AvgIpc) is 1.80. The first-order valence-corrected chi connectivity index (χ1v) is 3.43. The minimum absolute atomic E-state index is 0.407. The Morgan fingerprint density at radius 2 is 2.11 bits per heavy atom. The van der Waals surface area contributed by atoms with Gasteiger partial charge in [-0.1, -0.05) is 0 Å². The van der Waals surface area contributed by atoms with Crippen LogP contribution in [0.25, 0.3) is 0 Å². The van der Waals surface area contributed by atoms with Gasteiger partial charge in [0.2, 0.25) is 0 Å². The fourth-order valence-electron chi connectivity index (χ4n) is 0.476. The molecule has 0 unspecified atom stereocenters. The van der Waals surface area contributed by atoms with Crippen LogP contribution in [-0.4, -0.2) is 29.1 Å². The SMILES string of the molecule is OC(O)CCCNCCl. The van der Waals surface area contributed by atoms with Crippen LogP contribution in [0.1, 0.15) is 12.8 Å². The Hall–Kier alpha value is 0.170. The van der Waals surface area contributed by atoms with Gasteiger partial charge in [-0.2, -0.15) is 0 Å². The summed E-state index contributed by atoms with van der Waals surface area (Å²) in [5, 5.41) is 19.5. The van der Waals surface area contributed by atoms with E-state index >= 15 is 0 Å². The average molecular weight is 154 g/mol. The van der Waals surface area contributed by atoms with E-state index < -0.39 is 6.29 Å². The van der Waals surface area contributed by atoms with E-state index in [-0.39, 0.29) is 0 Å². The molecule has 0 radical (unpaired) electrons. The maximum atomic E-state index is 8.35. The summed E-state index contributed by atoms with van der Waals surface area (Å²) >= 11 is 5.28. The molecule has 0 aromatic carbocycles. The van der Waals surface area contributed by atoms with E-state index in [0.29, 0.717) is 12.4 Å². The molecule has 3 nitrogen and oxygen atoms in total. The Morgan fingerprint density at radius 1 is 1.44 bits per heavy atom. The zero-order valence-corrected chi connectivity index (χ0v) is 5.93. The third-order valence-electron chi connectivity index (χ3n) is 0.910. The number of aliphatic hydroxyl groups excluding tert-OH is 1. The van der Waals surface area contributed by atoms with E-state index in [9.17, 15) is 0 Å². The van der Waals surface area contributed by atoms with Crippen molar-refractivity contribution in [2.75, 3.05) is 12.5 Å². The number of alkyl halides is 1. The minimum Gasteiger partial charge on any atom is -0.368 e. The molecule has 0 saturated heterocycles. The first-order valence-electron chi connectivity index (χ1n) is 2.90. The van der Waals surface area contributed by atoms with Gasteiger partial charge in [-0.25, -0.2) is 0 Å². The lowest BCUT2D eigenvalue weighted by Crippen LogP contribution is -2.15. The summed E-state index contributed by atoms with van der Waals surface area (Å²) in [6.07, 6.45) is -0.0315. The van der Waals surface area contributed by atoms with E-state index in [2.05, 4.69) is 5.32 Å². The topological polar surface area (TPSA) is 52.5 Å². The highest BCUT2D eigenvalue weighted by atomic mass is 35.5. The molecule has 0 aromatic rings. The molecule has 0 aliphatic carbocycles. The second kappa shape index (κ2) is 6.29. The summed E-state index contributed by atoms with van der Waals surface area (Å²) in [6.45, 7) is 0.737. The molecule has 56 valence electrons. The molecule has 0 fully saturated rings. The lowest BCUT2D eigenvalue weighted by atomic mass is 10.3. The van der Waals surface area contributed by atoms with Crippen molar-refractivity contribution in [2.45, 2.75) is 19.1 Å². The highest BCUT2D eigenvalue weighted by Crippen LogP contribution is 1.90. The smallest absolute Gasteiger partial charge is 0.151 e. The summed E-state index contributed by atoms with van der Waals surface area (Å²) in [7, 11) is 0. The Bertz CT molecular complexity index is 60.9. The van der Waals surface area contributed by atoms with E-state index in [1.807, 2.05) is 0 Å². The first-order chi connectivity index (χ1) is 4.27. The van der Waals surface area contributed by atoms with E-state index in [1.54, 1.807) is 0 Å². The Kier molecular flexibility index (Phi) is 6.41. The zero-order valence-electron chi connectivity index (χ0n) is 5.18. The van der Waals surface area contributed by atoms with Crippen molar-refractivity contribution in [1.29, 1.82) is 0 Å². The molecule has 0 heterocycles. The van der Waals surface area contributed by atoms with Crippen LogP contribution in [0.3, 0.4) is 0 Å². The van der Waals surface area contributed by atoms with Crippen molar-refractivity contribution < 1.29 is 10.2 Å². The van der Waals surface area contributed by atoms with Crippen LogP contribution in [0.15, 0.2) is 0 Å². The van der Waals surface area contributed by atoms with Crippen LogP contribution in [0.4, 0.5) is 0 Å². The van der Waals surface area contributed by atoms with Crippen LogP contribution in [-0.2, 0) is 0 Å². The summed E-state index contributed by atoms with van der Waals surface area (Å²) in [5.41, 5.74) is 0. The van der Waals surface area contributed by atoms with Gasteiger partial charge in [-0.15, -0.1) is 11.6 Å². The van der Waals surface area contributed by atoms with Crippen molar-refractivity contribution in [3.8, 4) is 0 Å². The Labute approximate surface area is 59.6 Å². The van der Waals surface area contributed by atoms with E-state index in [0.717, 1.165) is 13.0 Å². The van der Waals surface area contributed by atoms with Gasteiger partial charge >= 0.3 is 0 Å². The van der Waals surface area contributed by atoms with Gasteiger partial charge in [0.1, 0.15) is 0 Å². The highest BCUT2D eigenvalue weighted by Gasteiger charge is 1.94. The molecule has 3 N–H and O–H groups in total. The number of aliphatic hydroxyl groups is 2. The number of rotatable bonds is 5. The first kappa shape index (κ1) is 9.17. The van der Waals surface area contributed by atoms with Gasteiger partial charge in [0.25, 0.3) is 0 Å². The third kappa shape index (κ3) is 8.17. The van der Waals surface area contributed by atoms with Crippen molar-refractivity contribution >= 4 is 11.6 Å². The second-order valence-electron chi connectivity index (χ2n) is 1.76. The Morgan fingerprint density at radius 3 is 2.56 bits per heavy atom.